The van der Waals surface area contributed by atoms with Crippen LogP contribution in [0.1, 0.15) is 23.2 Å². The molecule has 4 heteroatoms. The number of hydrogen-bond donors (Lipinski definition) is 2. The third-order valence-corrected chi connectivity index (χ3v) is 3.78. The first-order chi connectivity index (χ1) is 8.71. The Morgan fingerprint density at radius 2 is 2.33 bits per heavy atom. The van der Waals surface area contributed by atoms with E-state index in [9.17, 15) is 0 Å². The quantitative estimate of drug-likeness (QED) is 0.844. The predicted octanol–water partition coefficient (Wildman–Crippen LogP) is 1.76. The van der Waals surface area contributed by atoms with Crippen LogP contribution in [0.15, 0.2) is 30.5 Å². The van der Waals surface area contributed by atoms with Crippen LogP contribution in [0.3, 0.4) is 0 Å². The van der Waals surface area contributed by atoms with Gasteiger partial charge in [-0.15, -0.1) is 0 Å². The van der Waals surface area contributed by atoms with Crippen molar-refractivity contribution >= 4 is 0 Å². The summed E-state index contributed by atoms with van der Waals surface area (Å²) in [4.78, 5) is 0. The molecule has 3 N–H and O–H groups in total. The maximum atomic E-state index is 6.57. The van der Waals surface area contributed by atoms with E-state index in [0.29, 0.717) is 0 Å². The number of H-pyrrole nitrogens is 1. The SMILES string of the molecule is COc1cccc(C2(N)CCc3cn[nH]c3C2)c1. The van der Waals surface area contributed by atoms with Crippen LogP contribution in [-0.4, -0.2) is 17.3 Å². The summed E-state index contributed by atoms with van der Waals surface area (Å²) in [5, 5.41) is 7.14. The van der Waals surface area contributed by atoms with Crippen LogP contribution in [0.25, 0.3) is 0 Å². The number of hydrogen-bond acceptors (Lipinski definition) is 3. The van der Waals surface area contributed by atoms with Crippen LogP contribution in [-0.2, 0) is 18.4 Å². The summed E-state index contributed by atoms with van der Waals surface area (Å²) in [6.07, 6.45) is 4.61. The van der Waals surface area contributed by atoms with E-state index in [1.165, 1.54) is 5.56 Å². The highest BCUT2D eigenvalue weighted by Gasteiger charge is 2.33. The average Bonchev–Trinajstić information content (AvgIpc) is 2.86. The van der Waals surface area contributed by atoms with Crippen molar-refractivity contribution in [2.24, 2.45) is 5.73 Å². The number of benzene rings is 1. The van der Waals surface area contributed by atoms with Crippen molar-refractivity contribution in [1.82, 2.24) is 10.2 Å². The summed E-state index contributed by atoms with van der Waals surface area (Å²) in [5.74, 6) is 0.854. The summed E-state index contributed by atoms with van der Waals surface area (Å²) >= 11 is 0. The maximum Gasteiger partial charge on any atom is 0.119 e. The number of nitrogens with two attached hydrogens (primary N) is 1. The van der Waals surface area contributed by atoms with Gasteiger partial charge in [-0.25, -0.2) is 0 Å². The highest BCUT2D eigenvalue weighted by atomic mass is 16.5. The summed E-state index contributed by atoms with van der Waals surface area (Å²) < 4.78 is 5.27. The number of nitrogens with zero attached hydrogens (tertiary/aromatic N) is 1. The molecule has 94 valence electrons. The first-order valence-corrected chi connectivity index (χ1v) is 6.16. The highest BCUT2D eigenvalue weighted by Crippen LogP contribution is 2.34. The lowest BCUT2D eigenvalue weighted by Crippen LogP contribution is -2.42. The highest BCUT2D eigenvalue weighted by molar-refractivity contribution is 5.36. The van der Waals surface area contributed by atoms with E-state index in [0.717, 1.165) is 36.3 Å². The molecule has 18 heavy (non-hydrogen) atoms. The Labute approximate surface area is 106 Å². The number of methoxy groups -OCH3 is 1. The number of fused-ring (bicyclic) bond motifs is 1. The van der Waals surface area contributed by atoms with Crippen LogP contribution in [0, 0.1) is 0 Å². The predicted molar refractivity (Wildman–Crippen MR) is 69.5 cm³/mol. The van der Waals surface area contributed by atoms with E-state index in [4.69, 9.17) is 10.5 Å². The lowest BCUT2D eigenvalue weighted by atomic mass is 9.77. The number of nitrogens with one attached hydrogen (secondary N) is 1. The van der Waals surface area contributed by atoms with Gasteiger partial charge in [0.1, 0.15) is 5.75 Å². The molecular formula is C14H17N3O. The second-order valence-corrected chi connectivity index (χ2v) is 4.94. The molecule has 1 aliphatic carbocycles. The molecule has 0 fully saturated rings. The van der Waals surface area contributed by atoms with Crippen LogP contribution < -0.4 is 10.5 Å². The normalized spacial score (nSPS) is 22.6. The maximum absolute atomic E-state index is 6.57. The molecule has 0 radical (unpaired) electrons. The number of aromatic nitrogens is 2. The first-order valence-electron chi connectivity index (χ1n) is 6.16. The van der Waals surface area contributed by atoms with Gasteiger partial charge in [-0.05, 0) is 36.1 Å². The van der Waals surface area contributed by atoms with Gasteiger partial charge in [-0.1, -0.05) is 12.1 Å². The minimum absolute atomic E-state index is 0.325. The van der Waals surface area contributed by atoms with Crippen molar-refractivity contribution in [2.45, 2.75) is 24.8 Å². The van der Waals surface area contributed by atoms with Gasteiger partial charge in [-0.3, -0.25) is 5.10 Å². The molecule has 0 bridgehead atoms. The summed E-state index contributed by atoms with van der Waals surface area (Å²) in [6, 6.07) is 8.04. The fraction of sp³-hybridized carbons (Fsp3) is 0.357. The molecule has 2 aromatic rings. The van der Waals surface area contributed by atoms with Crippen molar-refractivity contribution in [1.29, 1.82) is 0 Å². The van der Waals surface area contributed by atoms with Crippen molar-refractivity contribution in [3.8, 4) is 5.75 Å². The number of aromatic amines is 1. The molecule has 1 aromatic carbocycles. The van der Waals surface area contributed by atoms with Crippen molar-refractivity contribution in [3.05, 3.63) is 47.3 Å². The Kier molecular flexibility index (Phi) is 2.59. The molecule has 1 unspecified atom stereocenters. The van der Waals surface area contributed by atoms with Crippen LogP contribution in [0.2, 0.25) is 0 Å². The molecule has 0 spiro atoms. The molecule has 4 nitrogen and oxygen atoms in total. The zero-order chi connectivity index (χ0) is 12.6. The lowest BCUT2D eigenvalue weighted by molar-refractivity contribution is 0.375. The molecule has 1 heterocycles. The Balaban J connectivity index is 1.96. The molecule has 0 saturated carbocycles. The standard InChI is InChI=1S/C14H17N3O/c1-18-12-4-2-3-11(7-12)14(15)6-5-10-9-16-17-13(10)8-14/h2-4,7,9H,5-6,8,15H2,1H3,(H,16,17). The third-order valence-electron chi connectivity index (χ3n) is 3.78. The van der Waals surface area contributed by atoms with E-state index in [1.54, 1.807) is 7.11 Å². The monoisotopic (exact) mass is 243 g/mol. The van der Waals surface area contributed by atoms with Gasteiger partial charge < -0.3 is 10.5 Å². The third kappa shape index (κ3) is 1.78. The number of aryl methyl sites for hydroxylation is 1. The molecule has 0 aliphatic heterocycles. The Morgan fingerprint density at radius 3 is 3.17 bits per heavy atom. The molecule has 1 aromatic heterocycles. The summed E-state index contributed by atoms with van der Waals surface area (Å²) in [7, 11) is 1.68. The summed E-state index contributed by atoms with van der Waals surface area (Å²) in [6.45, 7) is 0. The smallest absolute Gasteiger partial charge is 0.119 e. The molecule has 3 rings (SSSR count). The van der Waals surface area contributed by atoms with Gasteiger partial charge >= 0.3 is 0 Å². The topological polar surface area (TPSA) is 63.9 Å². The van der Waals surface area contributed by atoms with Gasteiger partial charge in [0.25, 0.3) is 0 Å². The van der Waals surface area contributed by atoms with E-state index in [-0.39, 0.29) is 5.54 Å². The zero-order valence-electron chi connectivity index (χ0n) is 10.4. The van der Waals surface area contributed by atoms with Crippen molar-refractivity contribution in [2.75, 3.05) is 7.11 Å². The second kappa shape index (κ2) is 4.14. The minimum Gasteiger partial charge on any atom is -0.497 e. The molecule has 0 amide bonds. The molecule has 1 atom stereocenters. The second-order valence-electron chi connectivity index (χ2n) is 4.94. The van der Waals surface area contributed by atoms with Crippen molar-refractivity contribution in [3.63, 3.8) is 0 Å². The largest absolute Gasteiger partial charge is 0.497 e. The van der Waals surface area contributed by atoms with E-state index in [2.05, 4.69) is 16.3 Å². The average molecular weight is 243 g/mol. The first kappa shape index (κ1) is 11.3. The Hall–Kier alpha value is -1.81. The van der Waals surface area contributed by atoms with Crippen LogP contribution in [0.5, 0.6) is 5.75 Å². The van der Waals surface area contributed by atoms with E-state index < -0.39 is 0 Å². The van der Waals surface area contributed by atoms with Gasteiger partial charge in [0.2, 0.25) is 0 Å². The van der Waals surface area contributed by atoms with Crippen LogP contribution in [0.4, 0.5) is 0 Å². The Morgan fingerprint density at radius 1 is 1.44 bits per heavy atom. The van der Waals surface area contributed by atoms with Gasteiger partial charge in [0.05, 0.1) is 13.3 Å². The fourth-order valence-corrected chi connectivity index (χ4v) is 2.65. The van der Waals surface area contributed by atoms with Gasteiger partial charge in [0, 0.05) is 17.7 Å². The van der Waals surface area contributed by atoms with Crippen LogP contribution >= 0.6 is 0 Å². The van der Waals surface area contributed by atoms with Gasteiger partial charge in [0.15, 0.2) is 0 Å². The fourth-order valence-electron chi connectivity index (χ4n) is 2.65. The molecular weight excluding hydrogens is 226 g/mol. The molecule has 0 saturated heterocycles. The Bertz CT molecular complexity index is 564. The van der Waals surface area contributed by atoms with E-state index in [1.807, 2.05) is 24.4 Å². The number of rotatable bonds is 2. The van der Waals surface area contributed by atoms with E-state index >= 15 is 0 Å². The van der Waals surface area contributed by atoms with Gasteiger partial charge in [-0.2, -0.15) is 5.10 Å². The zero-order valence-corrected chi connectivity index (χ0v) is 10.4. The summed E-state index contributed by atoms with van der Waals surface area (Å²) in [5.41, 5.74) is 9.83. The van der Waals surface area contributed by atoms with Crippen molar-refractivity contribution < 1.29 is 4.74 Å². The minimum atomic E-state index is -0.325. The lowest BCUT2D eigenvalue weighted by Gasteiger charge is -2.33. The molecule has 1 aliphatic rings. The number of ether oxygens (including phenoxy) is 1.